The third-order valence-electron chi connectivity index (χ3n) is 2.89. The first-order valence-electron chi connectivity index (χ1n) is 5.98. The molecule has 0 unspecified atom stereocenters. The predicted octanol–water partition coefficient (Wildman–Crippen LogP) is 3.44. The van der Waals surface area contributed by atoms with Crippen molar-refractivity contribution in [2.24, 2.45) is 0 Å². The largest absolute Gasteiger partial charge is 0.299 e. The maximum absolute atomic E-state index is 12.5. The van der Waals surface area contributed by atoms with Gasteiger partial charge in [-0.3, -0.25) is 14.9 Å². The summed E-state index contributed by atoms with van der Waals surface area (Å²) >= 11 is 5.74. The molecule has 6 heteroatoms. The van der Waals surface area contributed by atoms with Crippen molar-refractivity contribution in [1.29, 1.82) is 0 Å². The summed E-state index contributed by atoms with van der Waals surface area (Å²) in [4.78, 5) is 26.7. The van der Waals surface area contributed by atoms with Crippen LogP contribution < -0.4 is 0 Å². The van der Waals surface area contributed by atoms with E-state index in [4.69, 9.17) is 11.6 Å². The molecule has 0 radical (unpaired) electrons. The van der Waals surface area contributed by atoms with E-state index in [0.29, 0.717) is 12.0 Å². The van der Waals surface area contributed by atoms with E-state index < -0.39 is 10.7 Å². The summed E-state index contributed by atoms with van der Waals surface area (Å²) in [5.74, 6) is -0.489. The fourth-order valence-corrected chi connectivity index (χ4v) is 2.07. The molecule has 0 aliphatic heterocycles. The summed E-state index contributed by atoms with van der Waals surface area (Å²) < 4.78 is 0. The van der Waals surface area contributed by atoms with Crippen LogP contribution in [0.25, 0.3) is 0 Å². The van der Waals surface area contributed by atoms with Crippen LogP contribution in [-0.4, -0.2) is 15.7 Å². The van der Waals surface area contributed by atoms with Crippen LogP contribution in [0.1, 0.15) is 28.5 Å². The Hall–Kier alpha value is -2.27. The molecular formula is C14H11ClN2O3. The number of rotatable bonds is 4. The Morgan fingerprint density at radius 3 is 2.65 bits per heavy atom. The van der Waals surface area contributed by atoms with Crippen molar-refractivity contribution in [3.8, 4) is 0 Å². The number of carbonyl (C=O) groups excluding carboxylic acids is 1. The molecule has 102 valence electrons. The number of pyridine rings is 1. The Bertz CT molecular complexity index is 686. The van der Waals surface area contributed by atoms with Gasteiger partial charge in [-0.2, -0.15) is 0 Å². The third-order valence-corrected chi connectivity index (χ3v) is 3.11. The maximum Gasteiger partial charge on any atom is 0.299 e. The van der Waals surface area contributed by atoms with E-state index in [1.807, 2.05) is 19.1 Å². The summed E-state index contributed by atoms with van der Waals surface area (Å²) in [6, 6.07) is 9.45. The van der Waals surface area contributed by atoms with E-state index in [1.54, 1.807) is 12.1 Å². The number of halogens is 1. The van der Waals surface area contributed by atoms with E-state index in [2.05, 4.69) is 4.98 Å². The number of hydrogen-bond acceptors (Lipinski definition) is 4. The summed E-state index contributed by atoms with van der Waals surface area (Å²) in [6.45, 7) is 1.91. The molecule has 0 N–H and O–H groups in total. The number of hydrogen-bond donors (Lipinski definition) is 0. The Morgan fingerprint density at radius 1 is 1.30 bits per heavy atom. The van der Waals surface area contributed by atoms with Gasteiger partial charge in [0.25, 0.3) is 5.69 Å². The van der Waals surface area contributed by atoms with E-state index in [1.165, 1.54) is 12.1 Å². The van der Waals surface area contributed by atoms with Crippen molar-refractivity contribution in [3.63, 3.8) is 0 Å². The molecule has 0 saturated heterocycles. The Labute approximate surface area is 120 Å². The van der Waals surface area contributed by atoms with Crippen LogP contribution in [0, 0.1) is 10.1 Å². The van der Waals surface area contributed by atoms with Gasteiger partial charge in [-0.15, -0.1) is 0 Å². The van der Waals surface area contributed by atoms with Crippen LogP contribution >= 0.6 is 11.6 Å². The van der Waals surface area contributed by atoms with Gasteiger partial charge in [0.2, 0.25) is 5.78 Å². The SMILES string of the molecule is CCc1ccccc1C(=O)c1nc(Cl)ccc1[N+](=O)[O-]. The molecular weight excluding hydrogens is 280 g/mol. The molecule has 5 nitrogen and oxygen atoms in total. The molecule has 0 aliphatic rings. The van der Waals surface area contributed by atoms with Gasteiger partial charge in [-0.25, -0.2) is 4.98 Å². The lowest BCUT2D eigenvalue weighted by molar-refractivity contribution is -0.385. The first-order valence-corrected chi connectivity index (χ1v) is 6.36. The minimum atomic E-state index is -0.634. The van der Waals surface area contributed by atoms with Crippen molar-refractivity contribution < 1.29 is 9.72 Å². The summed E-state index contributed by atoms with van der Waals surface area (Å²) in [5.41, 5.74) is 0.648. The molecule has 1 aromatic carbocycles. The smallest absolute Gasteiger partial charge is 0.287 e. The minimum Gasteiger partial charge on any atom is -0.287 e. The summed E-state index contributed by atoms with van der Waals surface area (Å²) in [5, 5.41) is 11.0. The maximum atomic E-state index is 12.5. The van der Waals surface area contributed by atoms with Gasteiger partial charge in [0, 0.05) is 11.6 Å². The fourth-order valence-electron chi connectivity index (χ4n) is 1.92. The number of aromatic nitrogens is 1. The second-order valence-electron chi connectivity index (χ2n) is 4.10. The van der Waals surface area contributed by atoms with E-state index in [-0.39, 0.29) is 16.5 Å². The average molecular weight is 291 g/mol. The molecule has 2 aromatic rings. The van der Waals surface area contributed by atoms with Gasteiger partial charge in [0.05, 0.1) is 4.92 Å². The zero-order valence-corrected chi connectivity index (χ0v) is 11.4. The van der Waals surface area contributed by atoms with Gasteiger partial charge in [-0.05, 0) is 18.1 Å². The van der Waals surface area contributed by atoms with E-state index >= 15 is 0 Å². The normalized spacial score (nSPS) is 10.3. The first-order chi connectivity index (χ1) is 9.54. The van der Waals surface area contributed by atoms with Crippen LogP contribution in [0.5, 0.6) is 0 Å². The number of nitro groups is 1. The monoisotopic (exact) mass is 290 g/mol. The van der Waals surface area contributed by atoms with Gasteiger partial charge < -0.3 is 0 Å². The molecule has 0 bridgehead atoms. The topological polar surface area (TPSA) is 73.1 Å². The molecule has 0 atom stereocenters. The Balaban J connectivity index is 2.59. The summed E-state index contributed by atoms with van der Waals surface area (Å²) in [7, 11) is 0. The molecule has 20 heavy (non-hydrogen) atoms. The number of ketones is 1. The number of benzene rings is 1. The van der Waals surface area contributed by atoms with Crippen molar-refractivity contribution >= 4 is 23.1 Å². The average Bonchev–Trinajstić information content (AvgIpc) is 2.46. The lowest BCUT2D eigenvalue weighted by Crippen LogP contribution is -2.10. The molecule has 1 aromatic heterocycles. The molecule has 0 spiro atoms. The second-order valence-corrected chi connectivity index (χ2v) is 4.49. The molecule has 2 rings (SSSR count). The highest BCUT2D eigenvalue weighted by atomic mass is 35.5. The predicted molar refractivity (Wildman–Crippen MR) is 75.2 cm³/mol. The van der Waals surface area contributed by atoms with Crippen LogP contribution in [0.2, 0.25) is 5.15 Å². The fraction of sp³-hybridized carbons (Fsp3) is 0.143. The van der Waals surface area contributed by atoms with Gasteiger partial charge in [-0.1, -0.05) is 42.8 Å². The van der Waals surface area contributed by atoms with E-state index in [9.17, 15) is 14.9 Å². The zero-order valence-electron chi connectivity index (χ0n) is 10.7. The Kier molecular flexibility index (Phi) is 4.10. The molecule has 0 saturated carbocycles. The van der Waals surface area contributed by atoms with Crippen molar-refractivity contribution in [2.75, 3.05) is 0 Å². The van der Waals surface area contributed by atoms with Gasteiger partial charge in [0.1, 0.15) is 5.15 Å². The highest BCUT2D eigenvalue weighted by Gasteiger charge is 2.24. The van der Waals surface area contributed by atoms with Gasteiger partial charge >= 0.3 is 0 Å². The van der Waals surface area contributed by atoms with Crippen molar-refractivity contribution in [1.82, 2.24) is 4.98 Å². The summed E-state index contributed by atoms with van der Waals surface area (Å²) in [6.07, 6.45) is 0.649. The van der Waals surface area contributed by atoms with Crippen LogP contribution in [0.4, 0.5) is 5.69 Å². The standard InChI is InChI=1S/C14H11ClN2O3/c1-2-9-5-3-4-6-10(9)14(18)13-11(17(19)20)7-8-12(15)16-13/h3-8H,2H2,1H3. The second kappa shape index (κ2) is 5.79. The van der Waals surface area contributed by atoms with Crippen molar-refractivity contribution in [3.05, 3.63) is 68.5 Å². The lowest BCUT2D eigenvalue weighted by atomic mass is 9.99. The highest BCUT2D eigenvalue weighted by molar-refractivity contribution is 6.29. The first kappa shape index (κ1) is 14.1. The van der Waals surface area contributed by atoms with E-state index in [0.717, 1.165) is 5.56 Å². The molecule has 0 aliphatic carbocycles. The van der Waals surface area contributed by atoms with Crippen molar-refractivity contribution in [2.45, 2.75) is 13.3 Å². The lowest BCUT2D eigenvalue weighted by Gasteiger charge is -2.06. The number of nitrogens with zero attached hydrogens (tertiary/aromatic N) is 2. The van der Waals surface area contributed by atoms with Gasteiger partial charge in [0.15, 0.2) is 5.69 Å². The zero-order chi connectivity index (χ0) is 14.7. The third kappa shape index (κ3) is 2.67. The number of aryl methyl sites for hydroxylation is 1. The van der Waals surface area contributed by atoms with Crippen LogP contribution in [-0.2, 0) is 6.42 Å². The molecule has 0 amide bonds. The minimum absolute atomic E-state index is 0.0490. The Morgan fingerprint density at radius 2 is 2.00 bits per heavy atom. The van der Waals surface area contributed by atoms with Crippen LogP contribution in [0.3, 0.4) is 0 Å². The highest BCUT2D eigenvalue weighted by Crippen LogP contribution is 2.23. The number of carbonyl (C=O) groups is 1. The quantitative estimate of drug-likeness (QED) is 0.374. The van der Waals surface area contributed by atoms with Crippen LogP contribution in [0.15, 0.2) is 36.4 Å². The molecule has 0 fully saturated rings. The molecule has 1 heterocycles.